The smallest absolute Gasteiger partial charge is 0.315 e. The Labute approximate surface area is 77.9 Å². The number of carbonyl (C=O) groups is 1. The van der Waals surface area contributed by atoms with Gasteiger partial charge in [0, 0.05) is 12.6 Å². The summed E-state index contributed by atoms with van der Waals surface area (Å²) in [6.45, 7) is 7.66. The fourth-order valence-corrected chi connectivity index (χ4v) is 1.07. The van der Waals surface area contributed by atoms with Crippen LogP contribution in [0.25, 0.3) is 0 Å². The second-order valence-electron chi connectivity index (χ2n) is 3.78. The lowest BCUT2D eigenvalue weighted by Gasteiger charge is -2.28. The summed E-state index contributed by atoms with van der Waals surface area (Å²) in [4.78, 5) is 12.2. The lowest BCUT2D eigenvalue weighted by atomic mass is 10.2. The van der Waals surface area contributed by atoms with Gasteiger partial charge in [0.25, 0.3) is 5.91 Å². The molecule has 0 aliphatic heterocycles. The van der Waals surface area contributed by atoms with E-state index in [0.29, 0.717) is 6.54 Å². The van der Waals surface area contributed by atoms with Crippen molar-refractivity contribution in [3.8, 4) is 0 Å². The monoisotopic (exact) mass is 193 g/mol. The van der Waals surface area contributed by atoms with E-state index in [2.05, 4.69) is 0 Å². The van der Waals surface area contributed by atoms with Crippen LogP contribution in [0.3, 0.4) is 0 Å². The van der Waals surface area contributed by atoms with Gasteiger partial charge in [-0.2, -0.15) is 8.78 Å². The van der Waals surface area contributed by atoms with Gasteiger partial charge in [0.15, 0.2) is 0 Å². The first-order chi connectivity index (χ1) is 5.86. The Morgan fingerprint density at radius 1 is 1.23 bits per heavy atom. The highest BCUT2D eigenvalue weighted by molar-refractivity contribution is 5.79. The van der Waals surface area contributed by atoms with Gasteiger partial charge in [-0.3, -0.25) is 4.79 Å². The van der Waals surface area contributed by atoms with Crippen LogP contribution in [0, 0.1) is 5.92 Å². The van der Waals surface area contributed by atoms with Crippen LogP contribution in [0.2, 0.25) is 0 Å². The molecule has 0 aliphatic rings. The molecule has 0 saturated carbocycles. The molecule has 0 aromatic carbocycles. The molecule has 78 valence electrons. The third-order valence-electron chi connectivity index (χ3n) is 1.65. The van der Waals surface area contributed by atoms with E-state index in [1.807, 2.05) is 13.8 Å². The van der Waals surface area contributed by atoms with Crippen LogP contribution in [0.4, 0.5) is 8.78 Å². The van der Waals surface area contributed by atoms with Crippen molar-refractivity contribution in [2.75, 3.05) is 6.54 Å². The molecule has 0 heterocycles. The van der Waals surface area contributed by atoms with Crippen molar-refractivity contribution in [3.05, 3.63) is 0 Å². The van der Waals surface area contributed by atoms with Crippen LogP contribution >= 0.6 is 0 Å². The summed E-state index contributed by atoms with van der Waals surface area (Å²) in [5.41, 5.74) is 0. The molecule has 4 heteroatoms. The molecule has 0 unspecified atom stereocenters. The van der Waals surface area contributed by atoms with Gasteiger partial charge in [0.05, 0.1) is 0 Å². The molecular weight excluding hydrogens is 176 g/mol. The SMILES string of the molecule is CC(C)CN(C(=O)C(F)F)C(C)C. The van der Waals surface area contributed by atoms with Crippen molar-refractivity contribution in [1.82, 2.24) is 4.90 Å². The molecule has 0 bridgehead atoms. The molecule has 0 aromatic heterocycles. The van der Waals surface area contributed by atoms with E-state index in [1.165, 1.54) is 4.90 Å². The minimum atomic E-state index is -2.89. The van der Waals surface area contributed by atoms with Crippen LogP contribution < -0.4 is 0 Å². The molecule has 0 N–H and O–H groups in total. The third-order valence-corrected chi connectivity index (χ3v) is 1.65. The van der Waals surface area contributed by atoms with Crippen molar-refractivity contribution in [1.29, 1.82) is 0 Å². The molecule has 0 radical (unpaired) electrons. The van der Waals surface area contributed by atoms with E-state index in [1.54, 1.807) is 13.8 Å². The molecule has 0 atom stereocenters. The maximum absolute atomic E-state index is 12.1. The molecule has 0 rings (SSSR count). The zero-order chi connectivity index (χ0) is 10.6. The number of rotatable bonds is 4. The molecule has 0 aromatic rings. The third kappa shape index (κ3) is 4.20. The summed E-state index contributed by atoms with van der Waals surface area (Å²) < 4.78 is 24.2. The molecule has 0 spiro atoms. The zero-order valence-corrected chi connectivity index (χ0v) is 8.55. The Morgan fingerprint density at radius 2 is 1.69 bits per heavy atom. The topological polar surface area (TPSA) is 20.3 Å². The minimum Gasteiger partial charge on any atom is -0.335 e. The Hall–Kier alpha value is -0.670. The quantitative estimate of drug-likeness (QED) is 0.670. The first-order valence-corrected chi connectivity index (χ1v) is 4.44. The van der Waals surface area contributed by atoms with E-state index in [4.69, 9.17) is 0 Å². The fraction of sp³-hybridized carbons (Fsp3) is 0.889. The van der Waals surface area contributed by atoms with Crippen molar-refractivity contribution in [2.24, 2.45) is 5.92 Å². The first kappa shape index (κ1) is 12.3. The molecule has 0 saturated heterocycles. The highest BCUT2D eigenvalue weighted by Crippen LogP contribution is 2.08. The lowest BCUT2D eigenvalue weighted by Crippen LogP contribution is -2.42. The fourth-order valence-electron chi connectivity index (χ4n) is 1.07. The maximum atomic E-state index is 12.1. The molecule has 2 nitrogen and oxygen atoms in total. The van der Waals surface area contributed by atoms with Crippen LogP contribution in [-0.2, 0) is 4.79 Å². The predicted octanol–water partition coefficient (Wildman–Crippen LogP) is 2.14. The van der Waals surface area contributed by atoms with E-state index < -0.39 is 12.3 Å². The summed E-state index contributed by atoms with van der Waals surface area (Å²) in [7, 11) is 0. The van der Waals surface area contributed by atoms with Crippen LogP contribution in [0.15, 0.2) is 0 Å². The molecule has 1 amide bonds. The van der Waals surface area contributed by atoms with Crippen LogP contribution in [0.1, 0.15) is 27.7 Å². The van der Waals surface area contributed by atoms with Gasteiger partial charge in [0.1, 0.15) is 0 Å². The summed E-state index contributed by atoms with van der Waals surface area (Å²) >= 11 is 0. The van der Waals surface area contributed by atoms with Crippen molar-refractivity contribution < 1.29 is 13.6 Å². The average Bonchev–Trinajstić information content (AvgIpc) is 1.97. The largest absolute Gasteiger partial charge is 0.335 e. The number of carbonyl (C=O) groups excluding carboxylic acids is 1. The predicted molar refractivity (Wildman–Crippen MR) is 47.7 cm³/mol. The number of nitrogens with zero attached hydrogens (tertiary/aromatic N) is 1. The van der Waals surface area contributed by atoms with E-state index in [-0.39, 0.29) is 12.0 Å². The summed E-state index contributed by atoms with van der Waals surface area (Å²) in [5, 5.41) is 0. The van der Waals surface area contributed by atoms with Gasteiger partial charge in [-0.05, 0) is 19.8 Å². The second-order valence-corrected chi connectivity index (χ2v) is 3.78. The highest BCUT2D eigenvalue weighted by atomic mass is 19.3. The summed E-state index contributed by atoms with van der Waals surface area (Å²) in [6, 6.07) is -0.163. The Balaban J connectivity index is 4.33. The van der Waals surface area contributed by atoms with Gasteiger partial charge in [0.2, 0.25) is 0 Å². The Bertz CT molecular complexity index is 169. The number of hydrogen-bond donors (Lipinski definition) is 0. The number of amides is 1. The lowest BCUT2D eigenvalue weighted by molar-refractivity contribution is -0.145. The number of alkyl halides is 2. The normalized spacial score (nSPS) is 11.5. The molecule has 13 heavy (non-hydrogen) atoms. The molecule has 0 fully saturated rings. The van der Waals surface area contributed by atoms with E-state index in [0.717, 1.165) is 0 Å². The van der Waals surface area contributed by atoms with Gasteiger partial charge in [-0.25, -0.2) is 0 Å². The van der Waals surface area contributed by atoms with Crippen molar-refractivity contribution >= 4 is 5.91 Å². The second kappa shape index (κ2) is 5.14. The van der Waals surface area contributed by atoms with Crippen LogP contribution in [-0.4, -0.2) is 29.8 Å². The van der Waals surface area contributed by atoms with Crippen LogP contribution in [0.5, 0.6) is 0 Å². The number of hydrogen-bond acceptors (Lipinski definition) is 1. The average molecular weight is 193 g/mol. The highest BCUT2D eigenvalue weighted by Gasteiger charge is 2.25. The standard InChI is InChI=1S/C9H17F2NO/c1-6(2)5-12(7(3)4)9(13)8(10)11/h6-8H,5H2,1-4H3. The van der Waals surface area contributed by atoms with Crippen molar-refractivity contribution in [3.63, 3.8) is 0 Å². The van der Waals surface area contributed by atoms with Gasteiger partial charge in [-0.15, -0.1) is 0 Å². The summed E-state index contributed by atoms with van der Waals surface area (Å²) in [6.07, 6.45) is -2.89. The minimum absolute atomic E-state index is 0.163. The number of halogens is 2. The Kier molecular flexibility index (Phi) is 4.88. The summed E-state index contributed by atoms with van der Waals surface area (Å²) in [5.74, 6) is -0.853. The van der Waals surface area contributed by atoms with Gasteiger partial charge in [-0.1, -0.05) is 13.8 Å². The van der Waals surface area contributed by atoms with Gasteiger partial charge < -0.3 is 4.90 Å². The molecular formula is C9H17F2NO. The molecule has 0 aliphatic carbocycles. The first-order valence-electron chi connectivity index (χ1n) is 4.44. The maximum Gasteiger partial charge on any atom is 0.315 e. The van der Waals surface area contributed by atoms with E-state index >= 15 is 0 Å². The van der Waals surface area contributed by atoms with E-state index in [9.17, 15) is 13.6 Å². The van der Waals surface area contributed by atoms with Crippen molar-refractivity contribution in [2.45, 2.75) is 40.2 Å². The Morgan fingerprint density at radius 3 is 1.92 bits per heavy atom. The zero-order valence-electron chi connectivity index (χ0n) is 8.55. The van der Waals surface area contributed by atoms with Gasteiger partial charge >= 0.3 is 6.43 Å².